The molecule has 2 fully saturated rings. The van der Waals surface area contributed by atoms with Gasteiger partial charge in [0.2, 0.25) is 0 Å². The zero-order chi connectivity index (χ0) is 41.1. The molecule has 320 valence electrons. The summed E-state index contributed by atoms with van der Waals surface area (Å²) in [5.41, 5.74) is 7.25. The van der Waals surface area contributed by atoms with E-state index in [9.17, 15) is 0 Å². The molecule has 2 aromatic carbocycles. The van der Waals surface area contributed by atoms with Gasteiger partial charge in [0.25, 0.3) is 0 Å². The third-order valence-corrected chi connectivity index (χ3v) is 13.9. The van der Waals surface area contributed by atoms with Crippen molar-refractivity contribution in [2.45, 2.75) is 194 Å². The van der Waals surface area contributed by atoms with Gasteiger partial charge in [0.05, 0.1) is 12.2 Å². The zero-order valence-corrected chi connectivity index (χ0v) is 37.6. The Hall–Kier alpha value is -3.44. The first-order chi connectivity index (χ1) is 29.1. The van der Waals surface area contributed by atoms with Crippen LogP contribution in [0.25, 0.3) is 22.8 Å². The predicted molar refractivity (Wildman–Crippen MR) is 247 cm³/mol. The van der Waals surface area contributed by atoms with Crippen molar-refractivity contribution in [3.63, 3.8) is 0 Å². The molecule has 4 aromatic rings. The number of unbranched alkanes of at least 4 members (excludes halogenated alkanes) is 8. The Balaban J connectivity index is 1.21. The Bertz CT molecular complexity index is 1580. The highest BCUT2D eigenvalue weighted by Crippen LogP contribution is 2.47. The summed E-state index contributed by atoms with van der Waals surface area (Å²) in [5.74, 6) is 4.36. The standard InChI is InChI=1S/C54H78N4O/c1-5-9-11-13-15-19-43-37-55-53(56-38-43)49-33-29-47(30-34-49)51(45-25-21-41(17-7-3)22-26-45)59-52(46-27-23-42(18-8-4)24-28-46)48-31-35-50(36-32-48)54-57-39-44(40-58-54)20-16-14-12-10-6-2/h29-42,45-46,51-52H,5-28H2,1-4H3/t41-,42-,45-,46-,51?,52?. The van der Waals surface area contributed by atoms with E-state index in [1.54, 1.807) is 0 Å². The minimum atomic E-state index is 0.0542. The third kappa shape index (κ3) is 13.8. The van der Waals surface area contributed by atoms with E-state index in [2.05, 4.69) is 76.2 Å². The monoisotopic (exact) mass is 799 g/mol. The van der Waals surface area contributed by atoms with Crippen LogP contribution in [-0.2, 0) is 17.6 Å². The molecular weight excluding hydrogens is 721 g/mol. The van der Waals surface area contributed by atoms with Crippen molar-refractivity contribution in [3.05, 3.63) is 95.6 Å². The highest BCUT2D eigenvalue weighted by atomic mass is 16.5. The molecule has 0 aliphatic heterocycles. The summed E-state index contributed by atoms with van der Waals surface area (Å²) in [4.78, 5) is 19.3. The second-order valence-electron chi connectivity index (χ2n) is 18.5. The fraction of sp³-hybridized carbons (Fsp3) is 0.630. The van der Waals surface area contributed by atoms with Gasteiger partial charge in [-0.1, -0.05) is 179 Å². The van der Waals surface area contributed by atoms with E-state index in [-0.39, 0.29) is 12.2 Å². The van der Waals surface area contributed by atoms with Crippen molar-refractivity contribution >= 4 is 0 Å². The highest BCUT2D eigenvalue weighted by Gasteiger charge is 2.36. The van der Waals surface area contributed by atoms with Crippen LogP contribution in [0.4, 0.5) is 0 Å². The molecule has 2 aromatic heterocycles. The molecule has 0 saturated heterocycles. The van der Waals surface area contributed by atoms with Crippen LogP contribution in [0.3, 0.4) is 0 Å². The van der Waals surface area contributed by atoms with Gasteiger partial charge in [-0.3, -0.25) is 0 Å². The number of hydrogen-bond donors (Lipinski definition) is 0. The van der Waals surface area contributed by atoms with Gasteiger partial charge in [-0.05, 0) is 97.3 Å². The topological polar surface area (TPSA) is 60.8 Å². The minimum Gasteiger partial charge on any atom is -0.365 e. The van der Waals surface area contributed by atoms with Gasteiger partial charge in [0, 0.05) is 35.9 Å². The van der Waals surface area contributed by atoms with E-state index in [0.29, 0.717) is 11.8 Å². The van der Waals surface area contributed by atoms with E-state index >= 15 is 0 Å². The average Bonchev–Trinajstić information content (AvgIpc) is 3.28. The molecule has 2 heterocycles. The van der Waals surface area contributed by atoms with Gasteiger partial charge < -0.3 is 4.74 Å². The molecule has 59 heavy (non-hydrogen) atoms. The molecule has 0 N–H and O–H groups in total. The number of ether oxygens (including phenoxy) is 1. The number of hydrogen-bond acceptors (Lipinski definition) is 5. The molecule has 0 spiro atoms. The predicted octanol–water partition coefficient (Wildman–Crippen LogP) is 15.6. The number of aryl methyl sites for hydroxylation is 2. The molecule has 5 heteroatoms. The Labute approximate surface area is 359 Å². The van der Waals surface area contributed by atoms with Gasteiger partial charge >= 0.3 is 0 Å². The van der Waals surface area contributed by atoms with Crippen molar-refractivity contribution in [2.24, 2.45) is 23.7 Å². The van der Waals surface area contributed by atoms with Crippen LogP contribution in [0.1, 0.15) is 203 Å². The van der Waals surface area contributed by atoms with Gasteiger partial charge in [-0.2, -0.15) is 0 Å². The quantitative estimate of drug-likeness (QED) is 0.0661. The van der Waals surface area contributed by atoms with Crippen molar-refractivity contribution < 1.29 is 4.74 Å². The summed E-state index contributed by atoms with van der Waals surface area (Å²) in [6.45, 7) is 9.23. The maximum absolute atomic E-state index is 7.68. The van der Waals surface area contributed by atoms with Crippen LogP contribution in [0.15, 0.2) is 73.3 Å². The lowest BCUT2D eigenvalue weighted by atomic mass is 9.75. The van der Waals surface area contributed by atoms with E-state index < -0.39 is 0 Å². The Morgan fingerprint density at radius 2 is 0.797 bits per heavy atom. The second kappa shape index (κ2) is 24.7. The first kappa shape index (κ1) is 45.1. The maximum Gasteiger partial charge on any atom is 0.159 e. The molecular formula is C54H78N4O. The normalized spacial score (nSPS) is 20.7. The number of benzene rings is 2. The van der Waals surface area contributed by atoms with Crippen molar-refractivity contribution in [2.75, 3.05) is 0 Å². The van der Waals surface area contributed by atoms with E-state index in [1.807, 2.05) is 24.8 Å². The molecule has 0 bridgehead atoms. The Kier molecular flexibility index (Phi) is 18.9. The minimum absolute atomic E-state index is 0.0542. The van der Waals surface area contributed by atoms with Crippen molar-refractivity contribution in [1.82, 2.24) is 19.9 Å². The summed E-state index contributed by atoms with van der Waals surface area (Å²) in [6, 6.07) is 18.3. The largest absolute Gasteiger partial charge is 0.365 e. The molecule has 2 aliphatic carbocycles. The maximum atomic E-state index is 7.68. The number of nitrogens with zero attached hydrogens (tertiary/aromatic N) is 4. The van der Waals surface area contributed by atoms with Crippen LogP contribution in [0.5, 0.6) is 0 Å². The number of aromatic nitrogens is 4. The molecule has 2 atom stereocenters. The van der Waals surface area contributed by atoms with Crippen LogP contribution >= 0.6 is 0 Å². The molecule has 2 unspecified atom stereocenters. The summed E-state index contributed by atoms with van der Waals surface area (Å²) in [6.07, 6.45) is 38.7. The lowest BCUT2D eigenvalue weighted by Gasteiger charge is -2.40. The summed E-state index contributed by atoms with van der Waals surface area (Å²) < 4.78 is 7.68. The van der Waals surface area contributed by atoms with Crippen LogP contribution in [0.2, 0.25) is 0 Å². The summed E-state index contributed by atoms with van der Waals surface area (Å²) >= 11 is 0. The highest BCUT2D eigenvalue weighted by molar-refractivity contribution is 5.56. The molecule has 2 aliphatic rings. The number of rotatable bonds is 24. The third-order valence-electron chi connectivity index (χ3n) is 13.9. The second-order valence-corrected chi connectivity index (χ2v) is 18.5. The van der Waals surface area contributed by atoms with E-state index in [1.165, 1.54) is 164 Å². The van der Waals surface area contributed by atoms with Gasteiger partial charge in [0.1, 0.15) is 0 Å². The summed E-state index contributed by atoms with van der Waals surface area (Å²) in [5, 5.41) is 0. The van der Waals surface area contributed by atoms with Crippen molar-refractivity contribution in [1.29, 1.82) is 0 Å². The smallest absolute Gasteiger partial charge is 0.159 e. The summed E-state index contributed by atoms with van der Waals surface area (Å²) in [7, 11) is 0. The first-order valence-electron chi connectivity index (χ1n) is 24.6. The van der Waals surface area contributed by atoms with Crippen LogP contribution in [-0.4, -0.2) is 19.9 Å². The molecule has 0 amide bonds. The van der Waals surface area contributed by atoms with Crippen molar-refractivity contribution in [3.8, 4) is 22.8 Å². The molecule has 2 saturated carbocycles. The molecule has 5 nitrogen and oxygen atoms in total. The van der Waals surface area contributed by atoms with Gasteiger partial charge in [-0.25, -0.2) is 19.9 Å². The lowest BCUT2D eigenvalue weighted by molar-refractivity contribution is -0.0907. The lowest BCUT2D eigenvalue weighted by Crippen LogP contribution is -2.28. The first-order valence-corrected chi connectivity index (χ1v) is 24.6. The van der Waals surface area contributed by atoms with Gasteiger partial charge in [0.15, 0.2) is 11.6 Å². The zero-order valence-electron chi connectivity index (χ0n) is 37.6. The van der Waals surface area contributed by atoms with Crippen LogP contribution < -0.4 is 0 Å². The fourth-order valence-electron chi connectivity index (χ4n) is 10.2. The molecule has 0 radical (unpaired) electrons. The van der Waals surface area contributed by atoms with Gasteiger partial charge in [-0.15, -0.1) is 0 Å². The van der Waals surface area contributed by atoms with E-state index in [0.717, 1.165) is 47.5 Å². The Morgan fingerprint density at radius 3 is 1.14 bits per heavy atom. The molecule has 6 rings (SSSR count). The van der Waals surface area contributed by atoms with E-state index in [4.69, 9.17) is 24.7 Å². The SMILES string of the molecule is CCCCCCCc1cnc(-c2ccc(C(OC(c3ccc(-c4ncc(CCCCCCC)cn4)cc3)[C@H]3CC[C@H](CCC)CC3)[C@H]3CC[C@H](CCC)CC3)cc2)nc1. The Morgan fingerprint density at radius 1 is 0.441 bits per heavy atom. The average molecular weight is 799 g/mol. The fourth-order valence-corrected chi connectivity index (χ4v) is 10.2. The van der Waals surface area contributed by atoms with Crippen LogP contribution in [0, 0.1) is 23.7 Å².